The van der Waals surface area contributed by atoms with E-state index in [0.717, 1.165) is 5.56 Å². The van der Waals surface area contributed by atoms with E-state index in [2.05, 4.69) is 25.1 Å². The maximum Gasteiger partial charge on any atom is 0.240 e. The Morgan fingerprint density at radius 1 is 1.09 bits per heavy atom. The largest absolute Gasteiger partial charge is 0.366 e. The second-order valence-electron chi connectivity index (χ2n) is 4.98. The molecule has 0 fully saturated rings. The Morgan fingerprint density at radius 2 is 1.96 bits per heavy atom. The number of hydrogen-bond acceptors (Lipinski definition) is 6. The lowest BCUT2D eigenvalue weighted by atomic mass is 10.2. The van der Waals surface area contributed by atoms with Crippen molar-refractivity contribution in [2.75, 3.05) is 5.73 Å². The van der Waals surface area contributed by atoms with E-state index in [9.17, 15) is 0 Å². The maximum absolute atomic E-state index is 5.89. The van der Waals surface area contributed by atoms with Crippen LogP contribution in [0.3, 0.4) is 0 Å². The van der Waals surface area contributed by atoms with Crippen molar-refractivity contribution in [1.29, 1.82) is 0 Å². The summed E-state index contributed by atoms with van der Waals surface area (Å²) in [6.07, 6.45) is 6.87. The molecular formula is C14H11ClN8. The van der Waals surface area contributed by atoms with E-state index in [0.29, 0.717) is 27.8 Å². The summed E-state index contributed by atoms with van der Waals surface area (Å²) in [5.41, 5.74) is 9.06. The molecule has 0 amide bonds. The van der Waals surface area contributed by atoms with Crippen molar-refractivity contribution in [3.8, 4) is 22.6 Å². The lowest BCUT2D eigenvalue weighted by Gasteiger charge is -2.05. The molecule has 0 aliphatic rings. The van der Waals surface area contributed by atoms with Gasteiger partial charge < -0.3 is 5.73 Å². The first-order chi connectivity index (χ1) is 11.1. The Kier molecular flexibility index (Phi) is 2.98. The summed E-state index contributed by atoms with van der Waals surface area (Å²) in [4.78, 5) is 13.2. The molecule has 4 aromatic rings. The average Bonchev–Trinajstić information content (AvgIpc) is 3.11. The van der Waals surface area contributed by atoms with Crippen molar-refractivity contribution in [2.24, 2.45) is 7.05 Å². The number of nitrogens with two attached hydrogens (primary N) is 1. The van der Waals surface area contributed by atoms with Crippen LogP contribution in [0, 0.1) is 0 Å². The molecule has 0 aromatic carbocycles. The van der Waals surface area contributed by atoms with Crippen LogP contribution < -0.4 is 5.73 Å². The number of hydrogen-bond donors (Lipinski definition) is 1. The molecule has 2 N–H and O–H groups in total. The van der Waals surface area contributed by atoms with E-state index in [4.69, 9.17) is 17.3 Å². The van der Waals surface area contributed by atoms with E-state index < -0.39 is 0 Å². The standard InChI is InChI=1S/C14H11ClN8/c1-22-6-8(4-18-22)12-13-20-14(16)21-23(13)7-11(19-12)10-3-2-9(15)5-17-10/h2-7H,1H3,(H2,16,21). The molecule has 23 heavy (non-hydrogen) atoms. The van der Waals surface area contributed by atoms with Crippen molar-refractivity contribution in [3.05, 3.63) is 41.9 Å². The first-order valence-electron chi connectivity index (χ1n) is 6.74. The van der Waals surface area contributed by atoms with Crippen molar-refractivity contribution < 1.29 is 0 Å². The minimum atomic E-state index is 0.179. The van der Waals surface area contributed by atoms with Crippen LogP contribution in [0.25, 0.3) is 28.3 Å². The maximum atomic E-state index is 5.89. The van der Waals surface area contributed by atoms with Gasteiger partial charge in [-0.3, -0.25) is 9.67 Å². The highest BCUT2D eigenvalue weighted by molar-refractivity contribution is 6.30. The summed E-state index contributed by atoms with van der Waals surface area (Å²) in [6.45, 7) is 0. The van der Waals surface area contributed by atoms with Crippen LogP contribution in [0.1, 0.15) is 0 Å². The molecule has 4 heterocycles. The minimum absolute atomic E-state index is 0.179. The first kappa shape index (κ1) is 13.6. The Bertz CT molecular complexity index is 1000. The zero-order valence-electron chi connectivity index (χ0n) is 12.0. The van der Waals surface area contributed by atoms with Crippen LogP contribution in [0.15, 0.2) is 36.9 Å². The normalized spacial score (nSPS) is 11.2. The number of pyridine rings is 1. The van der Waals surface area contributed by atoms with Gasteiger partial charge >= 0.3 is 0 Å². The second kappa shape index (κ2) is 5.03. The quantitative estimate of drug-likeness (QED) is 0.603. The van der Waals surface area contributed by atoms with Gasteiger partial charge in [0.2, 0.25) is 5.95 Å². The summed E-state index contributed by atoms with van der Waals surface area (Å²) in [5, 5.41) is 8.91. The van der Waals surface area contributed by atoms with E-state index in [1.54, 1.807) is 39.9 Å². The van der Waals surface area contributed by atoms with Crippen LogP contribution >= 0.6 is 11.6 Å². The molecule has 8 nitrogen and oxygen atoms in total. The summed E-state index contributed by atoms with van der Waals surface area (Å²) in [6, 6.07) is 3.55. The van der Waals surface area contributed by atoms with Crippen molar-refractivity contribution in [1.82, 2.24) is 34.3 Å². The molecule has 4 rings (SSSR count). The highest BCUT2D eigenvalue weighted by atomic mass is 35.5. The molecule has 0 atom stereocenters. The van der Waals surface area contributed by atoms with Crippen LogP contribution in [0.5, 0.6) is 0 Å². The monoisotopic (exact) mass is 326 g/mol. The topological polar surface area (TPSA) is 99.8 Å². The predicted molar refractivity (Wildman–Crippen MR) is 85.6 cm³/mol. The molecule has 114 valence electrons. The summed E-state index contributed by atoms with van der Waals surface area (Å²) >= 11 is 5.89. The van der Waals surface area contributed by atoms with E-state index in [-0.39, 0.29) is 5.95 Å². The Labute approximate surface area is 135 Å². The van der Waals surface area contributed by atoms with Gasteiger partial charge in [0.05, 0.1) is 23.1 Å². The molecule has 0 unspecified atom stereocenters. The highest BCUT2D eigenvalue weighted by Gasteiger charge is 2.15. The lowest BCUT2D eigenvalue weighted by Crippen LogP contribution is -1.98. The first-order valence-corrected chi connectivity index (χ1v) is 7.12. The van der Waals surface area contributed by atoms with Crippen LogP contribution in [-0.4, -0.2) is 34.3 Å². The van der Waals surface area contributed by atoms with E-state index >= 15 is 0 Å². The number of aryl methyl sites for hydroxylation is 1. The van der Waals surface area contributed by atoms with E-state index in [1.165, 1.54) is 0 Å². The van der Waals surface area contributed by atoms with Crippen molar-refractivity contribution in [3.63, 3.8) is 0 Å². The molecule has 0 saturated heterocycles. The Hall–Kier alpha value is -3.00. The summed E-state index contributed by atoms with van der Waals surface area (Å²) < 4.78 is 3.29. The minimum Gasteiger partial charge on any atom is -0.366 e. The third kappa shape index (κ3) is 2.38. The molecule has 0 spiro atoms. The summed E-state index contributed by atoms with van der Waals surface area (Å²) in [7, 11) is 1.84. The third-order valence-electron chi connectivity index (χ3n) is 3.30. The Morgan fingerprint density at radius 3 is 2.65 bits per heavy atom. The van der Waals surface area contributed by atoms with Crippen LogP contribution in [0.4, 0.5) is 5.95 Å². The fraction of sp³-hybridized carbons (Fsp3) is 0.0714. The fourth-order valence-corrected chi connectivity index (χ4v) is 2.41. The molecule has 0 saturated carbocycles. The smallest absolute Gasteiger partial charge is 0.240 e. The third-order valence-corrected chi connectivity index (χ3v) is 3.53. The number of halogens is 1. The molecule has 0 radical (unpaired) electrons. The van der Waals surface area contributed by atoms with Gasteiger partial charge in [0.1, 0.15) is 11.4 Å². The molecule has 4 aromatic heterocycles. The van der Waals surface area contributed by atoms with Gasteiger partial charge in [-0.15, -0.1) is 5.10 Å². The van der Waals surface area contributed by atoms with Crippen LogP contribution in [0.2, 0.25) is 5.02 Å². The SMILES string of the molecule is Cn1cc(-c2nc(-c3ccc(Cl)cn3)cn3nc(N)nc23)cn1. The number of fused-ring (bicyclic) bond motifs is 1. The molecule has 0 aliphatic carbocycles. The zero-order valence-corrected chi connectivity index (χ0v) is 12.8. The number of nitrogens with zero attached hydrogens (tertiary/aromatic N) is 7. The van der Waals surface area contributed by atoms with Gasteiger partial charge in [0.15, 0.2) is 5.65 Å². The molecule has 0 bridgehead atoms. The van der Waals surface area contributed by atoms with Gasteiger partial charge in [0.25, 0.3) is 0 Å². The van der Waals surface area contributed by atoms with Gasteiger partial charge in [-0.05, 0) is 12.1 Å². The second-order valence-corrected chi connectivity index (χ2v) is 5.41. The number of nitrogen functional groups attached to an aromatic ring is 1. The lowest BCUT2D eigenvalue weighted by molar-refractivity contribution is 0.768. The molecule has 9 heteroatoms. The predicted octanol–water partition coefficient (Wildman–Crippen LogP) is 1.82. The number of rotatable bonds is 2. The van der Waals surface area contributed by atoms with Gasteiger partial charge in [-0.2, -0.15) is 10.1 Å². The van der Waals surface area contributed by atoms with Gasteiger partial charge in [0, 0.05) is 25.0 Å². The van der Waals surface area contributed by atoms with E-state index in [1.807, 2.05) is 13.2 Å². The highest BCUT2D eigenvalue weighted by Crippen LogP contribution is 2.25. The summed E-state index contributed by atoms with van der Waals surface area (Å²) in [5.74, 6) is 0.179. The fourth-order valence-electron chi connectivity index (χ4n) is 2.29. The molecular weight excluding hydrogens is 316 g/mol. The number of anilines is 1. The van der Waals surface area contributed by atoms with Gasteiger partial charge in [-0.1, -0.05) is 11.6 Å². The zero-order chi connectivity index (χ0) is 16.0. The molecule has 0 aliphatic heterocycles. The van der Waals surface area contributed by atoms with Crippen LogP contribution in [-0.2, 0) is 7.05 Å². The van der Waals surface area contributed by atoms with Gasteiger partial charge in [-0.25, -0.2) is 9.50 Å². The van der Waals surface area contributed by atoms with Crippen molar-refractivity contribution >= 4 is 23.2 Å². The Balaban J connectivity index is 1.98. The number of aromatic nitrogens is 7. The van der Waals surface area contributed by atoms with Crippen molar-refractivity contribution in [2.45, 2.75) is 0 Å². The average molecular weight is 327 g/mol.